The number of hydrogen-bond acceptors (Lipinski definition) is 1. The maximum absolute atomic E-state index is 4.92. The normalized spacial score (nSPS) is 11.9. The van der Waals surface area contributed by atoms with Crippen LogP contribution in [0.2, 0.25) is 0 Å². The van der Waals surface area contributed by atoms with Crippen LogP contribution in [0.15, 0.2) is 237 Å². The Balaban J connectivity index is 1.04. The first-order chi connectivity index (χ1) is 32.1. The lowest BCUT2D eigenvalue weighted by molar-refractivity contribution is 1.11. The summed E-state index contributed by atoms with van der Waals surface area (Å²) in [5, 5.41) is 4.69. The molecular weight excluding hydrogens is 787 g/mol. The Morgan fingerprint density at radius 3 is 1.42 bits per heavy atom. The number of rotatable bonds is 8. The van der Waals surface area contributed by atoms with E-state index in [1.807, 2.05) is 12.3 Å². The van der Waals surface area contributed by atoms with E-state index in [1.54, 1.807) is 0 Å². The Labute approximate surface area is 378 Å². The summed E-state index contributed by atoms with van der Waals surface area (Å²) in [5.41, 5.74) is 19.6. The Morgan fingerprint density at radius 1 is 0.369 bits per heavy atom. The number of hydrogen-bond donors (Lipinski definition) is 0. The number of benzene rings is 9. The quantitative estimate of drug-likeness (QED) is 0.150. The number of allylic oxidation sites excluding steroid dienone is 1. The predicted molar refractivity (Wildman–Crippen MR) is 275 cm³/mol. The van der Waals surface area contributed by atoms with Crippen molar-refractivity contribution in [3.05, 3.63) is 248 Å². The molecule has 0 fully saturated rings. The van der Waals surface area contributed by atoms with E-state index in [4.69, 9.17) is 4.98 Å². The van der Waals surface area contributed by atoms with Crippen molar-refractivity contribution in [1.29, 1.82) is 0 Å². The number of para-hydroxylation sites is 1. The van der Waals surface area contributed by atoms with E-state index < -0.39 is 0 Å². The van der Waals surface area contributed by atoms with Crippen molar-refractivity contribution >= 4 is 55.3 Å². The molecule has 65 heavy (non-hydrogen) atoms. The van der Waals surface area contributed by atoms with Gasteiger partial charge in [0, 0.05) is 44.8 Å². The fraction of sp³-hybridized carbons (Fsp3) is 0.0161. The molecule has 3 heterocycles. The van der Waals surface area contributed by atoms with Crippen LogP contribution in [0.4, 0.5) is 0 Å². The zero-order valence-electron chi connectivity index (χ0n) is 35.9. The molecule has 0 saturated heterocycles. The van der Waals surface area contributed by atoms with Gasteiger partial charge in [-0.05, 0) is 141 Å². The summed E-state index contributed by atoms with van der Waals surface area (Å²) < 4.78 is 4.85. The highest BCUT2D eigenvalue weighted by Gasteiger charge is 2.18. The van der Waals surface area contributed by atoms with Crippen molar-refractivity contribution in [1.82, 2.24) is 14.1 Å². The van der Waals surface area contributed by atoms with Crippen LogP contribution in [0.3, 0.4) is 0 Å². The van der Waals surface area contributed by atoms with E-state index in [1.165, 1.54) is 77.5 Å². The molecule has 0 aliphatic carbocycles. The van der Waals surface area contributed by atoms with Gasteiger partial charge in [0.2, 0.25) is 0 Å². The molecule has 12 rings (SSSR count). The summed E-state index contributed by atoms with van der Waals surface area (Å²) in [6.07, 6.45) is 4.25. The Kier molecular flexibility index (Phi) is 9.39. The highest BCUT2D eigenvalue weighted by atomic mass is 15.0. The summed E-state index contributed by atoms with van der Waals surface area (Å²) in [7, 11) is 0. The first kappa shape index (κ1) is 38.2. The zero-order chi connectivity index (χ0) is 43.3. The predicted octanol–water partition coefficient (Wildman–Crippen LogP) is 16.5. The fourth-order valence-electron chi connectivity index (χ4n) is 9.71. The van der Waals surface area contributed by atoms with Gasteiger partial charge >= 0.3 is 0 Å². The molecule has 0 bridgehead atoms. The van der Waals surface area contributed by atoms with Crippen LogP contribution in [0, 0.1) is 0 Å². The van der Waals surface area contributed by atoms with Gasteiger partial charge in [-0.3, -0.25) is 4.98 Å². The number of aromatic nitrogens is 3. The molecule has 0 amide bonds. The average molecular weight is 830 g/mol. The van der Waals surface area contributed by atoms with Gasteiger partial charge in [0.05, 0.1) is 22.1 Å². The van der Waals surface area contributed by atoms with Crippen LogP contribution in [-0.4, -0.2) is 14.1 Å². The summed E-state index contributed by atoms with van der Waals surface area (Å²) >= 11 is 0. The van der Waals surface area contributed by atoms with Crippen LogP contribution in [0.25, 0.3) is 111 Å². The molecule has 9 aromatic carbocycles. The number of fused-ring (bicyclic) bond motifs is 6. The monoisotopic (exact) mass is 829 g/mol. The largest absolute Gasteiger partial charge is 0.310 e. The summed E-state index contributed by atoms with van der Waals surface area (Å²) in [6.45, 7) is 2.24. The molecule has 0 radical (unpaired) electrons. The molecule has 3 heteroatoms. The molecule has 0 saturated carbocycles. The van der Waals surface area contributed by atoms with Gasteiger partial charge < -0.3 is 9.13 Å². The molecule has 306 valence electrons. The van der Waals surface area contributed by atoms with Crippen LogP contribution in [0.5, 0.6) is 0 Å². The van der Waals surface area contributed by atoms with Crippen LogP contribution < -0.4 is 0 Å². The molecule has 0 N–H and O–H groups in total. The Hall–Kier alpha value is -8.53. The summed E-state index contributed by atoms with van der Waals surface area (Å²) in [6, 6.07) is 83.5. The van der Waals surface area contributed by atoms with Gasteiger partial charge in [-0.15, -0.1) is 0 Å². The molecular formula is C62H43N3. The third-order valence-corrected chi connectivity index (χ3v) is 12.9. The number of pyridine rings is 1. The van der Waals surface area contributed by atoms with E-state index >= 15 is 0 Å². The first-order valence-corrected chi connectivity index (χ1v) is 22.3. The lowest BCUT2D eigenvalue weighted by Crippen LogP contribution is -1.99. The molecule has 3 nitrogen and oxygen atoms in total. The van der Waals surface area contributed by atoms with Crippen molar-refractivity contribution in [3.8, 4) is 55.9 Å². The van der Waals surface area contributed by atoms with Gasteiger partial charge in [0.25, 0.3) is 0 Å². The minimum atomic E-state index is 1.000. The highest BCUT2D eigenvalue weighted by Crippen LogP contribution is 2.39. The molecule has 3 aromatic heterocycles. The maximum atomic E-state index is 4.92. The summed E-state index contributed by atoms with van der Waals surface area (Å²) in [4.78, 5) is 4.92. The molecule has 0 spiro atoms. The molecule has 12 aromatic rings. The van der Waals surface area contributed by atoms with Gasteiger partial charge in [0.15, 0.2) is 0 Å². The average Bonchev–Trinajstić information content (AvgIpc) is 3.92. The van der Waals surface area contributed by atoms with Crippen molar-refractivity contribution in [2.24, 2.45) is 0 Å². The molecule has 0 aliphatic rings. The fourth-order valence-corrected chi connectivity index (χ4v) is 9.71. The van der Waals surface area contributed by atoms with Crippen molar-refractivity contribution in [3.63, 3.8) is 0 Å². The van der Waals surface area contributed by atoms with E-state index in [0.29, 0.717) is 0 Å². The molecule has 0 atom stereocenters. The smallest absolute Gasteiger partial charge is 0.0796 e. The molecule has 0 unspecified atom stereocenters. The Bertz CT molecular complexity index is 3630. The van der Waals surface area contributed by atoms with Crippen LogP contribution in [-0.2, 0) is 0 Å². The van der Waals surface area contributed by atoms with E-state index in [0.717, 1.165) is 38.9 Å². The second kappa shape index (κ2) is 16.0. The van der Waals surface area contributed by atoms with Crippen molar-refractivity contribution in [2.45, 2.75) is 6.92 Å². The van der Waals surface area contributed by atoms with E-state index in [-0.39, 0.29) is 0 Å². The lowest BCUT2D eigenvalue weighted by Gasteiger charge is -2.15. The lowest BCUT2D eigenvalue weighted by atomic mass is 9.97. The second-order valence-electron chi connectivity index (χ2n) is 16.9. The standard InChI is InChI=1S/C62H43N3/c1-42(48-29-31-60-57(40-48)56-26-14-15-27-59(56)65(60)55-38-51(45-21-10-4-11-22-45)35-52(39-55)46-23-12-5-13-24-46)33-53-41-58-61(30-28-47-25-16-32-63-62(47)58)64(53)54-36-49(43-17-6-2-7-18-43)34-50(37-54)44-19-8-3-9-20-44/h2-41H,1H3/b42-33+. The van der Waals surface area contributed by atoms with Crippen LogP contribution in [0.1, 0.15) is 18.2 Å². The minimum absolute atomic E-state index is 1.000. The summed E-state index contributed by atoms with van der Waals surface area (Å²) in [5.74, 6) is 0. The van der Waals surface area contributed by atoms with Crippen LogP contribution >= 0.6 is 0 Å². The first-order valence-electron chi connectivity index (χ1n) is 22.3. The van der Waals surface area contributed by atoms with Gasteiger partial charge in [-0.25, -0.2) is 0 Å². The zero-order valence-corrected chi connectivity index (χ0v) is 35.9. The van der Waals surface area contributed by atoms with Crippen molar-refractivity contribution in [2.75, 3.05) is 0 Å². The van der Waals surface area contributed by atoms with Gasteiger partial charge in [-0.1, -0.05) is 158 Å². The SMILES string of the molecule is C/C(=C\c1cc2c3ncccc3ccc2n1-c1cc(-c2ccccc2)cc(-c2ccccc2)c1)c1ccc2c(c1)c1ccccc1n2-c1cc(-c2ccccc2)cc(-c2ccccc2)c1. The third kappa shape index (κ3) is 6.91. The van der Waals surface area contributed by atoms with Gasteiger partial charge in [0.1, 0.15) is 0 Å². The van der Waals surface area contributed by atoms with Crippen molar-refractivity contribution < 1.29 is 0 Å². The van der Waals surface area contributed by atoms with E-state index in [2.05, 4.69) is 247 Å². The second-order valence-corrected chi connectivity index (χ2v) is 16.9. The van der Waals surface area contributed by atoms with E-state index in [9.17, 15) is 0 Å². The molecule has 0 aliphatic heterocycles. The maximum Gasteiger partial charge on any atom is 0.0796 e. The topological polar surface area (TPSA) is 22.8 Å². The Morgan fingerprint density at radius 2 is 0.846 bits per heavy atom. The third-order valence-electron chi connectivity index (χ3n) is 12.9. The van der Waals surface area contributed by atoms with Gasteiger partial charge in [-0.2, -0.15) is 0 Å². The number of nitrogens with zero attached hydrogens (tertiary/aromatic N) is 3. The minimum Gasteiger partial charge on any atom is -0.310 e. The highest BCUT2D eigenvalue weighted by molar-refractivity contribution is 6.11.